The lowest BCUT2D eigenvalue weighted by molar-refractivity contribution is -0.113. The van der Waals surface area contributed by atoms with Crippen molar-refractivity contribution < 1.29 is 4.79 Å². The average Bonchev–Trinajstić information content (AvgIpc) is 2.77. The number of hydrogen-bond donors (Lipinski definition) is 0. The molecule has 110 valence electrons. The van der Waals surface area contributed by atoms with Gasteiger partial charge in [-0.05, 0) is 42.0 Å². The molecule has 22 heavy (non-hydrogen) atoms. The summed E-state index contributed by atoms with van der Waals surface area (Å²) in [5.41, 5.74) is 1.50. The van der Waals surface area contributed by atoms with Crippen LogP contribution in [0, 0.1) is 0 Å². The summed E-state index contributed by atoms with van der Waals surface area (Å²) in [6.45, 7) is 0. The van der Waals surface area contributed by atoms with Gasteiger partial charge in [-0.15, -0.1) is 0 Å². The molecule has 0 saturated carbocycles. The van der Waals surface area contributed by atoms with Crippen LogP contribution in [-0.4, -0.2) is 10.2 Å². The summed E-state index contributed by atoms with van der Waals surface area (Å²) in [6, 6.07) is 14.4. The van der Waals surface area contributed by atoms with Crippen LogP contribution in [0.4, 0.5) is 5.69 Å². The fraction of sp³-hybridized carbons (Fsp3) is 0. The first-order chi connectivity index (χ1) is 10.6. The molecule has 0 spiro atoms. The van der Waals surface area contributed by atoms with Gasteiger partial charge in [0.1, 0.15) is 0 Å². The fourth-order valence-corrected chi connectivity index (χ4v) is 3.62. The molecule has 0 N–H and O–H groups in total. The van der Waals surface area contributed by atoms with Crippen molar-refractivity contribution in [2.24, 2.45) is 0 Å². The Morgan fingerprint density at radius 3 is 2.41 bits per heavy atom. The lowest BCUT2D eigenvalue weighted by Crippen LogP contribution is -2.27. The topological polar surface area (TPSA) is 20.3 Å². The Bertz CT molecular complexity index is 787. The van der Waals surface area contributed by atoms with Crippen molar-refractivity contribution in [2.75, 3.05) is 4.90 Å². The van der Waals surface area contributed by atoms with Gasteiger partial charge in [0.25, 0.3) is 5.91 Å². The van der Waals surface area contributed by atoms with Gasteiger partial charge in [0.05, 0.1) is 10.6 Å². The minimum atomic E-state index is -0.155. The lowest BCUT2D eigenvalue weighted by Gasteiger charge is -2.14. The third-order valence-electron chi connectivity index (χ3n) is 3.07. The summed E-state index contributed by atoms with van der Waals surface area (Å²) < 4.78 is 0.491. The molecule has 6 heteroatoms. The van der Waals surface area contributed by atoms with Crippen LogP contribution in [0.5, 0.6) is 0 Å². The van der Waals surface area contributed by atoms with E-state index in [1.54, 1.807) is 36.4 Å². The second kappa shape index (κ2) is 6.42. The zero-order chi connectivity index (χ0) is 15.7. The second-order valence-corrected chi connectivity index (χ2v) is 7.03. The number of carbonyl (C=O) groups excluding carboxylic acids is 1. The molecule has 1 heterocycles. The Morgan fingerprint density at radius 1 is 1.05 bits per heavy atom. The Kier molecular flexibility index (Phi) is 4.54. The van der Waals surface area contributed by atoms with E-state index in [-0.39, 0.29) is 5.91 Å². The number of anilines is 1. The molecule has 2 aromatic rings. The van der Waals surface area contributed by atoms with Crippen molar-refractivity contribution in [3.63, 3.8) is 0 Å². The molecule has 3 rings (SSSR count). The molecule has 1 amide bonds. The van der Waals surface area contributed by atoms with E-state index in [1.807, 2.05) is 18.2 Å². The first-order valence-corrected chi connectivity index (χ1v) is 8.32. The van der Waals surface area contributed by atoms with Gasteiger partial charge in [-0.3, -0.25) is 9.69 Å². The van der Waals surface area contributed by atoms with Gasteiger partial charge in [0.15, 0.2) is 4.32 Å². The van der Waals surface area contributed by atoms with Gasteiger partial charge >= 0.3 is 0 Å². The zero-order valence-corrected chi connectivity index (χ0v) is 14.3. The summed E-state index contributed by atoms with van der Waals surface area (Å²) in [5, 5.41) is 1.21. The summed E-state index contributed by atoms with van der Waals surface area (Å²) >= 11 is 18.6. The van der Waals surface area contributed by atoms with E-state index in [9.17, 15) is 4.79 Å². The highest BCUT2D eigenvalue weighted by molar-refractivity contribution is 8.27. The molecule has 1 aliphatic heterocycles. The number of halogens is 2. The quantitative estimate of drug-likeness (QED) is 0.524. The highest BCUT2D eigenvalue weighted by Crippen LogP contribution is 2.37. The van der Waals surface area contributed by atoms with Crippen molar-refractivity contribution in [2.45, 2.75) is 0 Å². The molecule has 0 bridgehead atoms. The van der Waals surface area contributed by atoms with Crippen molar-refractivity contribution >= 4 is 69.2 Å². The molecule has 0 atom stereocenters. The van der Waals surface area contributed by atoms with Crippen molar-refractivity contribution in [1.82, 2.24) is 0 Å². The van der Waals surface area contributed by atoms with Crippen LogP contribution in [-0.2, 0) is 4.79 Å². The molecule has 1 saturated heterocycles. The highest BCUT2D eigenvalue weighted by atomic mass is 35.5. The van der Waals surface area contributed by atoms with Crippen LogP contribution in [0.15, 0.2) is 53.4 Å². The number of thioether (sulfide) groups is 1. The van der Waals surface area contributed by atoms with Crippen LogP contribution in [0.25, 0.3) is 6.08 Å². The van der Waals surface area contributed by atoms with Crippen molar-refractivity contribution in [3.8, 4) is 0 Å². The zero-order valence-electron chi connectivity index (χ0n) is 11.1. The van der Waals surface area contributed by atoms with Gasteiger partial charge in [-0.1, -0.05) is 65.4 Å². The van der Waals surface area contributed by atoms with Crippen LogP contribution in [0.2, 0.25) is 10.0 Å². The van der Waals surface area contributed by atoms with E-state index in [0.717, 1.165) is 5.56 Å². The number of amides is 1. The van der Waals surface area contributed by atoms with E-state index in [0.29, 0.717) is 25.0 Å². The fourth-order valence-electron chi connectivity index (χ4n) is 2.01. The lowest BCUT2D eigenvalue weighted by atomic mass is 10.2. The third kappa shape index (κ3) is 3.06. The molecule has 2 nitrogen and oxygen atoms in total. The highest BCUT2D eigenvalue weighted by Gasteiger charge is 2.33. The van der Waals surface area contributed by atoms with Gasteiger partial charge in [0, 0.05) is 10.0 Å². The standard InChI is InChI=1S/C16H9Cl2NOS2/c17-11-5-7-12(8-6-11)19-15(20)14(22-16(19)21)9-10-3-1-2-4-13(10)18/h1-9H/b14-9-. The Balaban J connectivity index is 1.95. The number of nitrogens with zero attached hydrogens (tertiary/aromatic N) is 1. The summed E-state index contributed by atoms with van der Waals surface area (Å²) in [5.74, 6) is -0.155. The number of hydrogen-bond acceptors (Lipinski definition) is 3. The first-order valence-electron chi connectivity index (χ1n) is 6.34. The summed E-state index contributed by atoms with van der Waals surface area (Å²) in [7, 11) is 0. The molecule has 0 aromatic heterocycles. The molecular formula is C16H9Cl2NOS2. The smallest absolute Gasteiger partial charge is 0.268 e. The van der Waals surface area contributed by atoms with E-state index < -0.39 is 0 Å². The minimum Gasteiger partial charge on any atom is -0.268 e. The minimum absolute atomic E-state index is 0.155. The van der Waals surface area contributed by atoms with Gasteiger partial charge < -0.3 is 0 Å². The second-order valence-electron chi connectivity index (χ2n) is 4.52. The largest absolute Gasteiger partial charge is 0.270 e. The number of benzene rings is 2. The normalized spacial score (nSPS) is 16.6. The number of carbonyl (C=O) groups is 1. The third-order valence-corrected chi connectivity index (χ3v) is 4.97. The van der Waals surface area contributed by atoms with Crippen LogP contribution >= 0.6 is 47.2 Å². The Morgan fingerprint density at radius 2 is 1.73 bits per heavy atom. The van der Waals surface area contributed by atoms with Crippen LogP contribution in [0.3, 0.4) is 0 Å². The molecule has 0 radical (unpaired) electrons. The molecule has 1 fully saturated rings. The SMILES string of the molecule is O=C1/C(=C/c2ccccc2Cl)SC(=S)N1c1ccc(Cl)cc1. The van der Waals surface area contributed by atoms with Crippen LogP contribution < -0.4 is 4.90 Å². The predicted molar refractivity (Wildman–Crippen MR) is 98.6 cm³/mol. The maximum atomic E-state index is 12.6. The molecule has 0 unspecified atom stereocenters. The van der Waals surface area contributed by atoms with Gasteiger partial charge in [-0.25, -0.2) is 0 Å². The monoisotopic (exact) mass is 365 g/mol. The van der Waals surface area contributed by atoms with E-state index in [2.05, 4.69) is 0 Å². The van der Waals surface area contributed by atoms with E-state index >= 15 is 0 Å². The van der Waals surface area contributed by atoms with Crippen molar-refractivity contribution in [1.29, 1.82) is 0 Å². The molecular weight excluding hydrogens is 357 g/mol. The molecule has 1 aliphatic rings. The number of rotatable bonds is 2. The summed E-state index contributed by atoms with van der Waals surface area (Å²) in [4.78, 5) is 14.6. The van der Waals surface area contributed by atoms with E-state index in [1.165, 1.54) is 16.7 Å². The van der Waals surface area contributed by atoms with Gasteiger partial charge in [-0.2, -0.15) is 0 Å². The number of thiocarbonyl (C=S) groups is 1. The Labute approximate surface area is 147 Å². The molecule has 2 aromatic carbocycles. The Hall–Kier alpha value is -1.33. The first kappa shape index (κ1) is 15.6. The van der Waals surface area contributed by atoms with E-state index in [4.69, 9.17) is 35.4 Å². The van der Waals surface area contributed by atoms with Crippen LogP contribution in [0.1, 0.15) is 5.56 Å². The van der Waals surface area contributed by atoms with Gasteiger partial charge in [0.2, 0.25) is 0 Å². The maximum Gasteiger partial charge on any atom is 0.270 e. The maximum absolute atomic E-state index is 12.6. The molecule has 0 aliphatic carbocycles. The average molecular weight is 366 g/mol. The van der Waals surface area contributed by atoms with Crippen molar-refractivity contribution in [3.05, 3.63) is 69.0 Å². The predicted octanol–water partition coefficient (Wildman–Crippen LogP) is 5.40. The summed E-state index contributed by atoms with van der Waals surface area (Å²) in [6.07, 6.45) is 1.76.